The van der Waals surface area contributed by atoms with E-state index < -0.39 is 6.04 Å². The molecule has 0 spiro atoms. The third kappa shape index (κ3) is 2.95. The van der Waals surface area contributed by atoms with Gasteiger partial charge in [-0.05, 0) is 82.0 Å². The number of amides is 3. The van der Waals surface area contributed by atoms with E-state index in [4.69, 9.17) is 0 Å². The lowest BCUT2D eigenvalue weighted by molar-refractivity contribution is -0.160. The number of piperidine rings is 1. The molecule has 6 aliphatic rings. The number of likely N-dealkylation sites (tertiary alicyclic amines) is 1. The Morgan fingerprint density at radius 1 is 1.00 bits per heavy atom. The van der Waals surface area contributed by atoms with Crippen molar-refractivity contribution in [3.8, 4) is 0 Å². The quantitative estimate of drug-likeness (QED) is 0.789. The normalized spacial score (nSPS) is 42.9. The molecule has 6 rings (SSSR count). The average Bonchev–Trinajstić information content (AvgIpc) is 3.11. The molecule has 4 aliphatic carbocycles. The van der Waals surface area contributed by atoms with Gasteiger partial charge in [0.2, 0.25) is 17.7 Å². The monoisotopic (exact) mass is 373 g/mol. The van der Waals surface area contributed by atoms with Crippen LogP contribution in [0.5, 0.6) is 0 Å². The molecule has 0 aromatic carbocycles. The minimum Gasteiger partial charge on any atom is -0.354 e. The Labute approximate surface area is 160 Å². The van der Waals surface area contributed by atoms with E-state index in [2.05, 4.69) is 10.6 Å². The summed E-state index contributed by atoms with van der Waals surface area (Å²) in [6, 6.07) is -0.830. The summed E-state index contributed by atoms with van der Waals surface area (Å²) >= 11 is 0. The van der Waals surface area contributed by atoms with E-state index in [9.17, 15) is 14.4 Å². The Bertz CT molecular complexity index is 626. The fourth-order valence-electron chi connectivity index (χ4n) is 7.14. The maximum atomic E-state index is 13.6. The molecule has 6 heteroatoms. The molecule has 0 unspecified atom stereocenters. The molecule has 0 radical (unpaired) electrons. The highest BCUT2D eigenvalue weighted by molar-refractivity contribution is 5.94. The zero-order valence-corrected chi connectivity index (χ0v) is 16.0. The van der Waals surface area contributed by atoms with E-state index >= 15 is 0 Å². The topological polar surface area (TPSA) is 78.5 Å². The molecule has 2 heterocycles. The summed E-state index contributed by atoms with van der Waals surface area (Å²) in [6.45, 7) is 1.38. The molecule has 0 aromatic heterocycles. The van der Waals surface area contributed by atoms with Crippen LogP contribution in [0.15, 0.2) is 0 Å². The van der Waals surface area contributed by atoms with Crippen molar-refractivity contribution >= 4 is 17.7 Å². The molecular formula is C21H31N3O3. The molecule has 4 saturated carbocycles. The summed E-state index contributed by atoms with van der Waals surface area (Å²) in [7, 11) is 0. The van der Waals surface area contributed by atoms with Gasteiger partial charge in [-0.1, -0.05) is 0 Å². The zero-order valence-electron chi connectivity index (χ0n) is 16.0. The van der Waals surface area contributed by atoms with Crippen LogP contribution in [0.4, 0.5) is 0 Å². The molecule has 0 aromatic rings. The van der Waals surface area contributed by atoms with Crippen LogP contribution in [0.25, 0.3) is 0 Å². The van der Waals surface area contributed by atoms with Crippen molar-refractivity contribution < 1.29 is 14.4 Å². The van der Waals surface area contributed by atoms with E-state index in [1.807, 2.05) is 4.90 Å². The second-order valence-electron chi connectivity index (χ2n) is 9.85. The molecule has 4 bridgehead atoms. The summed E-state index contributed by atoms with van der Waals surface area (Å²) in [6.07, 6.45) is 10.2. The number of nitrogens with zero attached hydrogens (tertiary/aromatic N) is 1. The van der Waals surface area contributed by atoms with Crippen molar-refractivity contribution in [2.75, 3.05) is 13.1 Å². The van der Waals surface area contributed by atoms with Crippen molar-refractivity contribution in [3.05, 3.63) is 0 Å². The number of nitrogens with one attached hydrogen (secondary N) is 2. The van der Waals surface area contributed by atoms with Crippen molar-refractivity contribution in [1.29, 1.82) is 0 Å². The third-order valence-electron chi connectivity index (χ3n) is 7.91. The molecular weight excluding hydrogens is 342 g/mol. The molecule has 2 atom stereocenters. The van der Waals surface area contributed by atoms with Crippen LogP contribution in [-0.2, 0) is 14.4 Å². The van der Waals surface area contributed by atoms with Crippen molar-refractivity contribution in [3.63, 3.8) is 0 Å². The summed E-state index contributed by atoms with van der Waals surface area (Å²) < 4.78 is 0. The van der Waals surface area contributed by atoms with Gasteiger partial charge in [-0.25, -0.2) is 0 Å². The first-order chi connectivity index (χ1) is 13.0. The fraction of sp³-hybridized carbons (Fsp3) is 0.857. The minimum atomic E-state index is -0.441. The summed E-state index contributed by atoms with van der Waals surface area (Å²) in [5.74, 6) is 2.19. The second-order valence-corrected chi connectivity index (χ2v) is 9.85. The number of hydrogen-bond donors (Lipinski definition) is 2. The van der Waals surface area contributed by atoms with Crippen molar-refractivity contribution in [1.82, 2.24) is 15.5 Å². The van der Waals surface area contributed by atoms with E-state index in [0.29, 0.717) is 19.5 Å². The maximum absolute atomic E-state index is 13.6. The molecule has 6 nitrogen and oxygen atoms in total. The van der Waals surface area contributed by atoms with Crippen LogP contribution < -0.4 is 10.6 Å². The van der Waals surface area contributed by atoms with E-state index in [1.165, 1.54) is 19.3 Å². The van der Waals surface area contributed by atoms with Crippen molar-refractivity contribution in [2.45, 2.75) is 76.3 Å². The van der Waals surface area contributed by atoms with E-state index in [-0.39, 0.29) is 29.2 Å². The maximum Gasteiger partial charge on any atom is 0.243 e. The molecule has 6 fully saturated rings. The highest BCUT2D eigenvalue weighted by Gasteiger charge is 2.56. The van der Waals surface area contributed by atoms with Gasteiger partial charge in [0.15, 0.2) is 0 Å². The van der Waals surface area contributed by atoms with Gasteiger partial charge in [0.1, 0.15) is 12.1 Å². The van der Waals surface area contributed by atoms with E-state index in [0.717, 1.165) is 56.3 Å². The van der Waals surface area contributed by atoms with Crippen LogP contribution in [0.3, 0.4) is 0 Å². The van der Waals surface area contributed by atoms with Crippen LogP contribution >= 0.6 is 0 Å². The van der Waals surface area contributed by atoms with Crippen LogP contribution in [0, 0.1) is 23.2 Å². The summed E-state index contributed by atoms with van der Waals surface area (Å²) in [4.78, 5) is 40.4. The van der Waals surface area contributed by atoms with Gasteiger partial charge in [-0.2, -0.15) is 0 Å². The number of carbonyl (C=O) groups is 3. The Morgan fingerprint density at radius 2 is 1.67 bits per heavy atom. The van der Waals surface area contributed by atoms with Gasteiger partial charge >= 0.3 is 0 Å². The zero-order chi connectivity index (χ0) is 18.6. The first kappa shape index (κ1) is 17.5. The lowest BCUT2D eigenvalue weighted by Gasteiger charge is -2.56. The molecule has 2 aliphatic heterocycles. The Hall–Kier alpha value is -1.59. The first-order valence-corrected chi connectivity index (χ1v) is 10.9. The highest BCUT2D eigenvalue weighted by atomic mass is 16.2. The summed E-state index contributed by atoms with van der Waals surface area (Å²) in [5.41, 5.74) is -0.195. The standard InChI is InChI=1S/C21H31N3O3/c25-18-16(3-1-5-22-18)23-19(26)17-4-2-6-24(17)20(27)21-10-13-7-14(11-21)9-15(8-13)12-21/h13-17H,1-12H2,(H,22,25)(H,23,26)/t13?,14?,15?,16-,17+,21?/m1/s1. The lowest BCUT2D eigenvalue weighted by atomic mass is 9.49. The molecule has 27 heavy (non-hydrogen) atoms. The first-order valence-electron chi connectivity index (χ1n) is 10.9. The smallest absolute Gasteiger partial charge is 0.243 e. The van der Waals surface area contributed by atoms with E-state index in [1.54, 1.807) is 0 Å². The highest BCUT2D eigenvalue weighted by Crippen LogP contribution is 2.60. The van der Waals surface area contributed by atoms with Crippen LogP contribution in [0.2, 0.25) is 0 Å². The Balaban J connectivity index is 1.30. The number of carbonyl (C=O) groups excluding carboxylic acids is 3. The van der Waals surface area contributed by atoms with Gasteiger partial charge in [0, 0.05) is 13.1 Å². The van der Waals surface area contributed by atoms with Gasteiger partial charge in [-0.3, -0.25) is 14.4 Å². The Kier molecular flexibility index (Phi) is 4.21. The number of hydrogen-bond acceptors (Lipinski definition) is 3. The predicted molar refractivity (Wildman–Crippen MR) is 99.5 cm³/mol. The third-order valence-corrected chi connectivity index (χ3v) is 7.91. The van der Waals surface area contributed by atoms with Gasteiger partial charge in [0.05, 0.1) is 5.41 Å². The molecule has 2 saturated heterocycles. The fourth-order valence-corrected chi connectivity index (χ4v) is 7.14. The lowest BCUT2D eigenvalue weighted by Crippen LogP contribution is -2.59. The summed E-state index contributed by atoms with van der Waals surface area (Å²) in [5, 5.41) is 5.74. The predicted octanol–water partition coefficient (Wildman–Crippen LogP) is 1.59. The minimum absolute atomic E-state index is 0.0912. The molecule has 2 N–H and O–H groups in total. The van der Waals surface area contributed by atoms with Crippen LogP contribution in [0.1, 0.15) is 64.2 Å². The van der Waals surface area contributed by atoms with Crippen molar-refractivity contribution in [2.24, 2.45) is 23.2 Å². The van der Waals surface area contributed by atoms with Gasteiger partial charge in [-0.15, -0.1) is 0 Å². The van der Waals surface area contributed by atoms with Gasteiger partial charge in [0.25, 0.3) is 0 Å². The number of rotatable bonds is 3. The average molecular weight is 373 g/mol. The SMILES string of the molecule is O=C1NCCC[C@H]1NC(=O)[C@@H]1CCCN1C(=O)C12CC3CC(CC(C3)C1)C2. The molecule has 3 amide bonds. The van der Waals surface area contributed by atoms with Gasteiger partial charge < -0.3 is 15.5 Å². The second kappa shape index (κ2) is 6.49. The Morgan fingerprint density at radius 3 is 2.30 bits per heavy atom. The largest absolute Gasteiger partial charge is 0.354 e. The molecule has 148 valence electrons. The van der Waals surface area contributed by atoms with Crippen LogP contribution in [-0.4, -0.2) is 47.8 Å².